The summed E-state index contributed by atoms with van der Waals surface area (Å²) in [6.45, 7) is 0. The van der Waals surface area contributed by atoms with Crippen LogP contribution >= 0.6 is 11.8 Å². The van der Waals surface area contributed by atoms with Crippen LogP contribution in [-0.4, -0.2) is 14.8 Å². The van der Waals surface area contributed by atoms with E-state index in [1.165, 1.54) is 11.8 Å². The van der Waals surface area contributed by atoms with E-state index in [1.807, 2.05) is 6.07 Å². The van der Waals surface area contributed by atoms with Crippen LogP contribution in [0.3, 0.4) is 0 Å². The van der Waals surface area contributed by atoms with Crippen LogP contribution < -0.4 is 5.32 Å². The van der Waals surface area contributed by atoms with Crippen molar-refractivity contribution in [2.24, 2.45) is 0 Å². The van der Waals surface area contributed by atoms with Crippen molar-refractivity contribution < 1.29 is 29.3 Å². The van der Waals surface area contributed by atoms with E-state index >= 15 is 0 Å². The Kier molecular flexibility index (Phi) is 4.02. The molecule has 1 saturated heterocycles. The number of benzene rings is 1. The molecule has 6 heteroatoms. The number of thioether (sulfide) groups is 1. The van der Waals surface area contributed by atoms with E-state index in [0.29, 0.717) is 12.0 Å². The van der Waals surface area contributed by atoms with Crippen LogP contribution in [0.25, 0.3) is 0 Å². The topological polar surface area (TPSA) is 63.2 Å². The summed E-state index contributed by atoms with van der Waals surface area (Å²) in [5.41, 5.74) is 0.499. The van der Waals surface area contributed by atoms with Gasteiger partial charge >= 0.3 is 110 Å². The Morgan fingerprint density at radius 3 is 2.53 bits per heavy atom. The van der Waals surface area contributed by atoms with E-state index < -0.39 is 21.0 Å². The summed E-state index contributed by atoms with van der Waals surface area (Å²) in [5.74, 6) is 0.479. The molecule has 2 rings (SSSR count). The summed E-state index contributed by atoms with van der Waals surface area (Å²) in [6, 6.07) is 8.69. The Morgan fingerprint density at radius 2 is 2.00 bits per heavy atom. The van der Waals surface area contributed by atoms with Crippen molar-refractivity contribution in [3.05, 3.63) is 35.9 Å². The predicted molar refractivity (Wildman–Crippen MR) is 59.7 cm³/mol. The van der Waals surface area contributed by atoms with Gasteiger partial charge in [-0.05, 0) is 0 Å². The summed E-state index contributed by atoms with van der Waals surface area (Å²) in [6.07, 6.45) is 1.36. The monoisotopic (exact) mass is 286 g/mol. The predicted octanol–water partition coefficient (Wildman–Crippen LogP) is 1.91. The maximum absolute atomic E-state index is 11.9. The molecule has 0 unspecified atom stereocenters. The number of carbonyl (C=O) groups is 1. The van der Waals surface area contributed by atoms with Crippen LogP contribution in [-0.2, 0) is 24.5 Å². The Labute approximate surface area is 110 Å². The maximum atomic E-state index is 11.9. The molecule has 4 nitrogen and oxygen atoms in total. The van der Waals surface area contributed by atoms with Crippen LogP contribution in [0.4, 0.5) is 0 Å². The first-order chi connectivity index (χ1) is 8.14. The van der Waals surface area contributed by atoms with Crippen molar-refractivity contribution in [3.8, 4) is 0 Å². The molecule has 0 radical (unpaired) electrons. The van der Waals surface area contributed by atoms with Gasteiger partial charge in [-0.15, -0.1) is 0 Å². The van der Waals surface area contributed by atoms with Crippen molar-refractivity contribution in [1.29, 1.82) is 0 Å². The molecule has 89 valence electrons. The van der Waals surface area contributed by atoms with Crippen molar-refractivity contribution in [2.45, 2.75) is 16.0 Å². The molecular formula is C11H12NO3STi. The molecule has 1 fully saturated rings. The van der Waals surface area contributed by atoms with E-state index in [1.54, 1.807) is 24.3 Å². The quantitative estimate of drug-likeness (QED) is 0.862. The molecule has 1 amide bonds. The van der Waals surface area contributed by atoms with Gasteiger partial charge in [0.1, 0.15) is 0 Å². The van der Waals surface area contributed by atoms with Gasteiger partial charge in [0.2, 0.25) is 0 Å². The third-order valence-electron chi connectivity index (χ3n) is 2.70. The second-order valence-corrected chi connectivity index (χ2v) is 8.08. The molecule has 0 saturated carbocycles. The molecule has 1 aromatic carbocycles. The summed E-state index contributed by atoms with van der Waals surface area (Å²) in [7, 11) is 0. The van der Waals surface area contributed by atoms with Crippen molar-refractivity contribution in [1.82, 2.24) is 5.32 Å². The average molecular weight is 286 g/mol. The normalized spacial score (nSPS) is 23.3. The zero-order valence-electron chi connectivity index (χ0n) is 9.14. The summed E-state index contributed by atoms with van der Waals surface area (Å²) in [5, 5.41) is 2.68. The number of nitrogens with one attached hydrogen (secondary N) is 1. The number of hydrogen-bond acceptors (Lipinski definition) is 4. The summed E-state index contributed by atoms with van der Waals surface area (Å²) < 4.78 is 21.8. The third kappa shape index (κ3) is 2.79. The van der Waals surface area contributed by atoms with Gasteiger partial charge < -0.3 is 0 Å². The summed E-state index contributed by atoms with van der Waals surface area (Å²) in [4.78, 5) is 11.9. The van der Waals surface area contributed by atoms with Crippen molar-refractivity contribution in [2.75, 3.05) is 5.75 Å². The van der Waals surface area contributed by atoms with Crippen molar-refractivity contribution >= 4 is 17.7 Å². The number of rotatable bonds is 3. The van der Waals surface area contributed by atoms with Gasteiger partial charge in [-0.25, -0.2) is 0 Å². The number of hydrogen-bond donors (Lipinski definition) is 1. The van der Waals surface area contributed by atoms with Crippen molar-refractivity contribution in [3.63, 3.8) is 0 Å². The van der Waals surface area contributed by atoms with E-state index in [0.717, 1.165) is 12.2 Å². The Morgan fingerprint density at radius 1 is 1.29 bits per heavy atom. The van der Waals surface area contributed by atoms with Crippen LogP contribution in [0, 0.1) is 0 Å². The molecule has 1 heterocycles. The summed E-state index contributed by atoms with van der Waals surface area (Å²) >= 11 is -2.34. The zero-order chi connectivity index (χ0) is 12.3. The van der Waals surface area contributed by atoms with E-state index in [4.69, 9.17) is 0 Å². The van der Waals surface area contributed by atoms with E-state index in [2.05, 4.69) is 5.32 Å². The number of amides is 1. The number of carbonyl (C=O) groups excluding carboxylic acids is 1. The van der Waals surface area contributed by atoms with E-state index in [-0.39, 0.29) is 5.91 Å². The van der Waals surface area contributed by atoms with Crippen LogP contribution in [0.2, 0.25) is 0 Å². The second kappa shape index (κ2) is 5.33. The van der Waals surface area contributed by atoms with E-state index in [9.17, 15) is 11.4 Å². The molecule has 1 aliphatic heterocycles. The molecule has 0 aliphatic carbocycles. The minimum absolute atomic E-state index is 0.309. The molecule has 17 heavy (non-hydrogen) atoms. The first-order valence-corrected chi connectivity index (χ1v) is 8.41. The second-order valence-electron chi connectivity index (χ2n) is 3.89. The Hall–Kier alpha value is -0.646. The van der Waals surface area contributed by atoms with Gasteiger partial charge in [0.05, 0.1) is 0 Å². The Balaban J connectivity index is 2.17. The molecule has 1 aliphatic rings. The SMILES string of the molecule is O=C(N[C@@]1([Ti](=[O])=[O])CCCS1)c1ccccc1. The van der Waals surface area contributed by atoms with Gasteiger partial charge in [0.25, 0.3) is 0 Å². The molecular weight excluding hydrogens is 274 g/mol. The Bertz CT molecular complexity index is 473. The minimum atomic E-state index is -3.68. The first kappa shape index (κ1) is 12.8. The van der Waals surface area contributed by atoms with Crippen LogP contribution in [0.15, 0.2) is 30.3 Å². The molecule has 1 aromatic rings. The van der Waals surface area contributed by atoms with Gasteiger partial charge in [-0.3, -0.25) is 0 Å². The molecule has 1 atom stereocenters. The van der Waals surface area contributed by atoms with Gasteiger partial charge in [-0.2, -0.15) is 0 Å². The van der Waals surface area contributed by atoms with Gasteiger partial charge in [0.15, 0.2) is 0 Å². The van der Waals surface area contributed by atoms with Crippen LogP contribution in [0.5, 0.6) is 0 Å². The fourth-order valence-electron chi connectivity index (χ4n) is 1.80. The third-order valence-corrected chi connectivity index (χ3v) is 6.97. The first-order valence-electron chi connectivity index (χ1n) is 5.37. The molecule has 0 bridgehead atoms. The molecule has 1 N–H and O–H groups in total. The van der Waals surface area contributed by atoms with Gasteiger partial charge in [0, 0.05) is 0 Å². The molecule has 0 aromatic heterocycles. The fourth-order valence-corrected chi connectivity index (χ4v) is 4.97. The van der Waals surface area contributed by atoms with Crippen LogP contribution in [0.1, 0.15) is 23.2 Å². The van der Waals surface area contributed by atoms with Gasteiger partial charge in [-0.1, -0.05) is 0 Å². The standard InChI is InChI=1S/C11H12NOS.2O.Ti/c13-11(9-5-2-1-3-6-9)12-10-7-4-8-14-10;;;/h1-3,5-6H,4,7-8H2,(H,12,13);;;. The fraction of sp³-hybridized carbons (Fsp3) is 0.364. The molecule has 0 spiro atoms. The zero-order valence-corrected chi connectivity index (χ0v) is 11.5. The average Bonchev–Trinajstić information content (AvgIpc) is 2.80.